The summed E-state index contributed by atoms with van der Waals surface area (Å²) in [6, 6.07) is 16.5. The molecular formula is C22H18ClN3O3S2. The highest BCUT2D eigenvalue weighted by atomic mass is 35.5. The number of carbonyl (C=O) groups is 2. The van der Waals surface area contributed by atoms with Crippen LogP contribution in [0, 0.1) is 6.92 Å². The van der Waals surface area contributed by atoms with Crippen molar-refractivity contribution >= 4 is 62.5 Å². The normalized spacial score (nSPS) is 10.9. The van der Waals surface area contributed by atoms with Gasteiger partial charge in [0, 0.05) is 21.0 Å². The second-order valence-corrected chi connectivity index (χ2v) is 9.01. The molecule has 6 nitrogen and oxygen atoms in total. The first-order valence-electron chi connectivity index (χ1n) is 9.31. The first kappa shape index (κ1) is 21.4. The smallest absolute Gasteiger partial charge is 0.348 e. The van der Waals surface area contributed by atoms with Gasteiger partial charge in [0.15, 0.2) is 6.61 Å². The van der Waals surface area contributed by atoms with Gasteiger partial charge in [-0.15, -0.1) is 23.1 Å². The van der Waals surface area contributed by atoms with E-state index < -0.39 is 11.9 Å². The maximum Gasteiger partial charge on any atom is 0.348 e. The zero-order valence-corrected chi connectivity index (χ0v) is 19.1. The van der Waals surface area contributed by atoms with Gasteiger partial charge in [0.25, 0.3) is 5.91 Å². The Morgan fingerprint density at radius 1 is 1.19 bits per heavy atom. The lowest BCUT2D eigenvalue weighted by Crippen LogP contribution is -2.20. The number of anilines is 1. The maximum atomic E-state index is 12.5. The minimum Gasteiger partial charge on any atom is -0.451 e. The largest absolute Gasteiger partial charge is 0.451 e. The molecular weight excluding hydrogens is 454 g/mol. The molecule has 0 unspecified atom stereocenters. The molecule has 1 N–H and O–H groups in total. The summed E-state index contributed by atoms with van der Waals surface area (Å²) >= 11 is 8.95. The number of benzene rings is 2. The molecule has 0 saturated heterocycles. The topological polar surface area (TPSA) is 73.2 Å². The maximum absolute atomic E-state index is 12.5. The van der Waals surface area contributed by atoms with Crippen LogP contribution in [0.4, 0.5) is 5.69 Å². The molecule has 9 heteroatoms. The van der Waals surface area contributed by atoms with Crippen LogP contribution in [0.15, 0.2) is 59.5 Å². The molecule has 0 aliphatic rings. The van der Waals surface area contributed by atoms with Gasteiger partial charge in [-0.25, -0.2) is 9.48 Å². The van der Waals surface area contributed by atoms with Crippen molar-refractivity contribution in [2.24, 2.45) is 0 Å². The van der Waals surface area contributed by atoms with Gasteiger partial charge in [-0.3, -0.25) is 4.79 Å². The van der Waals surface area contributed by atoms with Crippen LogP contribution >= 0.6 is 34.7 Å². The van der Waals surface area contributed by atoms with Gasteiger partial charge in [0.2, 0.25) is 0 Å². The number of esters is 1. The van der Waals surface area contributed by atoms with Crippen LogP contribution in [-0.4, -0.2) is 34.5 Å². The van der Waals surface area contributed by atoms with Crippen LogP contribution in [0.5, 0.6) is 0 Å². The van der Waals surface area contributed by atoms with Gasteiger partial charge < -0.3 is 10.1 Å². The van der Waals surface area contributed by atoms with E-state index in [-0.39, 0.29) is 6.61 Å². The van der Waals surface area contributed by atoms with Gasteiger partial charge in [-0.2, -0.15) is 5.10 Å². The van der Waals surface area contributed by atoms with Crippen LogP contribution in [0.2, 0.25) is 5.02 Å². The van der Waals surface area contributed by atoms with Gasteiger partial charge in [-0.05, 0) is 55.6 Å². The Balaban J connectivity index is 1.47. The van der Waals surface area contributed by atoms with E-state index in [2.05, 4.69) is 10.4 Å². The summed E-state index contributed by atoms with van der Waals surface area (Å²) in [5.74, 6) is -0.944. The number of amides is 1. The summed E-state index contributed by atoms with van der Waals surface area (Å²) in [4.78, 5) is 27.0. The van der Waals surface area contributed by atoms with Gasteiger partial charge in [-0.1, -0.05) is 23.7 Å². The number of thiophene rings is 1. The van der Waals surface area contributed by atoms with Crippen molar-refractivity contribution < 1.29 is 14.3 Å². The zero-order valence-electron chi connectivity index (χ0n) is 16.7. The van der Waals surface area contributed by atoms with Crippen molar-refractivity contribution in [3.8, 4) is 5.69 Å². The van der Waals surface area contributed by atoms with Gasteiger partial charge in [0.05, 0.1) is 11.4 Å². The number of aromatic nitrogens is 2. The summed E-state index contributed by atoms with van der Waals surface area (Å²) in [6.45, 7) is 1.51. The van der Waals surface area contributed by atoms with E-state index in [1.54, 1.807) is 34.6 Å². The Morgan fingerprint density at radius 3 is 2.77 bits per heavy atom. The van der Waals surface area contributed by atoms with E-state index in [1.807, 2.05) is 49.6 Å². The molecule has 0 aliphatic heterocycles. The molecule has 4 aromatic rings. The molecule has 1 amide bonds. The van der Waals surface area contributed by atoms with Crippen molar-refractivity contribution in [2.45, 2.75) is 11.8 Å². The summed E-state index contributed by atoms with van der Waals surface area (Å²) in [6.07, 6.45) is 1.96. The SMILES string of the molecule is CSc1cccc(NC(=O)COC(=O)c2cc3c(C)nn(-c4cccc(Cl)c4)c3s2)c1. The summed E-state index contributed by atoms with van der Waals surface area (Å²) < 4.78 is 6.98. The first-order chi connectivity index (χ1) is 14.9. The molecule has 2 aromatic carbocycles. The molecule has 0 aliphatic carbocycles. The summed E-state index contributed by atoms with van der Waals surface area (Å²) in [5, 5.41) is 8.74. The van der Waals surface area contributed by atoms with Crippen molar-refractivity contribution in [3.05, 3.63) is 70.2 Å². The predicted molar refractivity (Wildman–Crippen MR) is 126 cm³/mol. The fourth-order valence-electron chi connectivity index (χ4n) is 3.03. The number of fused-ring (bicyclic) bond motifs is 1. The van der Waals surface area contributed by atoms with E-state index >= 15 is 0 Å². The summed E-state index contributed by atoms with van der Waals surface area (Å²) in [7, 11) is 0. The van der Waals surface area contributed by atoms with E-state index in [0.29, 0.717) is 15.6 Å². The molecule has 0 radical (unpaired) electrons. The lowest BCUT2D eigenvalue weighted by Gasteiger charge is -2.07. The number of thioether (sulfide) groups is 1. The lowest BCUT2D eigenvalue weighted by atomic mass is 10.3. The van der Waals surface area contributed by atoms with Crippen LogP contribution in [0.1, 0.15) is 15.4 Å². The number of nitrogens with one attached hydrogen (secondary N) is 1. The highest BCUT2D eigenvalue weighted by molar-refractivity contribution is 7.98. The van der Waals surface area contributed by atoms with Gasteiger partial charge >= 0.3 is 5.97 Å². The average Bonchev–Trinajstić information content (AvgIpc) is 3.33. The predicted octanol–water partition coefficient (Wildman–Crippen LogP) is 5.57. The van der Waals surface area contributed by atoms with Crippen molar-refractivity contribution in [2.75, 3.05) is 18.2 Å². The first-order valence-corrected chi connectivity index (χ1v) is 11.7. The highest BCUT2D eigenvalue weighted by Crippen LogP contribution is 2.31. The highest BCUT2D eigenvalue weighted by Gasteiger charge is 2.19. The third-order valence-electron chi connectivity index (χ3n) is 4.49. The Kier molecular flexibility index (Phi) is 6.31. The minimum absolute atomic E-state index is 0.365. The van der Waals surface area contributed by atoms with Crippen molar-refractivity contribution in [1.29, 1.82) is 0 Å². The molecule has 158 valence electrons. The average molecular weight is 472 g/mol. The molecule has 0 atom stereocenters. The summed E-state index contributed by atoms with van der Waals surface area (Å²) in [5.41, 5.74) is 2.25. The Bertz CT molecular complexity index is 1280. The molecule has 2 aromatic heterocycles. The number of halogens is 1. The Morgan fingerprint density at radius 2 is 2.00 bits per heavy atom. The molecule has 0 spiro atoms. The van der Waals surface area contributed by atoms with Crippen LogP contribution < -0.4 is 5.32 Å². The van der Waals surface area contributed by atoms with E-state index in [9.17, 15) is 9.59 Å². The number of aryl methyl sites for hydroxylation is 1. The van der Waals surface area contributed by atoms with Crippen LogP contribution in [0.25, 0.3) is 15.9 Å². The third-order valence-corrected chi connectivity index (χ3v) is 6.54. The number of hydrogen-bond acceptors (Lipinski definition) is 6. The molecule has 0 saturated carbocycles. The van der Waals surface area contributed by atoms with Crippen molar-refractivity contribution in [3.63, 3.8) is 0 Å². The van der Waals surface area contributed by atoms with Crippen LogP contribution in [-0.2, 0) is 9.53 Å². The minimum atomic E-state index is -0.550. The number of nitrogens with zero attached hydrogens (tertiary/aromatic N) is 2. The van der Waals surface area contributed by atoms with Crippen LogP contribution in [0.3, 0.4) is 0 Å². The quantitative estimate of drug-likeness (QED) is 0.294. The number of hydrogen-bond donors (Lipinski definition) is 1. The Labute approximate surface area is 192 Å². The fourth-order valence-corrected chi connectivity index (χ4v) is 4.75. The Hall–Kier alpha value is -2.81. The monoisotopic (exact) mass is 471 g/mol. The van der Waals surface area contributed by atoms with E-state index in [1.165, 1.54) is 11.3 Å². The second-order valence-electron chi connectivity index (χ2n) is 6.66. The fraction of sp³-hybridized carbons (Fsp3) is 0.136. The molecule has 31 heavy (non-hydrogen) atoms. The number of rotatable bonds is 6. The third kappa shape index (κ3) is 4.76. The van der Waals surface area contributed by atoms with E-state index in [0.717, 1.165) is 26.5 Å². The standard InChI is InChI=1S/C22H18ClN3O3S2/c1-13-18-11-19(31-21(18)26(25-13)16-7-3-5-14(23)9-16)22(28)29-12-20(27)24-15-6-4-8-17(10-15)30-2/h3-11H,12H2,1-2H3,(H,24,27). The molecule has 4 rings (SSSR count). The molecule has 0 fully saturated rings. The molecule has 0 bridgehead atoms. The zero-order chi connectivity index (χ0) is 22.0. The van der Waals surface area contributed by atoms with Gasteiger partial charge in [0.1, 0.15) is 9.71 Å². The number of carbonyl (C=O) groups excluding carboxylic acids is 2. The lowest BCUT2D eigenvalue weighted by molar-refractivity contribution is -0.119. The van der Waals surface area contributed by atoms with E-state index in [4.69, 9.17) is 16.3 Å². The van der Waals surface area contributed by atoms with Crippen molar-refractivity contribution in [1.82, 2.24) is 9.78 Å². The second kappa shape index (κ2) is 9.13. The molecule has 2 heterocycles. The number of ether oxygens (including phenoxy) is 1.